The van der Waals surface area contributed by atoms with Gasteiger partial charge in [-0.25, -0.2) is 8.42 Å². The van der Waals surface area contributed by atoms with Crippen LogP contribution in [0.25, 0.3) is 0 Å². The Bertz CT molecular complexity index is 726. The lowest BCUT2D eigenvalue weighted by Gasteiger charge is -2.36. The van der Waals surface area contributed by atoms with Crippen molar-refractivity contribution in [3.05, 3.63) is 23.8 Å². The SMILES string of the molecule is COc1cccc2c1OC[C@@H](C(=O)N1CCN(S(C)(=O)=O)CC1)C2. The van der Waals surface area contributed by atoms with Crippen LogP contribution in [0.5, 0.6) is 11.5 Å². The third-order valence-corrected chi connectivity index (χ3v) is 5.85. The molecule has 1 aromatic rings. The lowest BCUT2D eigenvalue weighted by Crippen LogP contribution is -2.52. The first-order valence-corrected chi connectivity index (χ1v) is 9.77. The lowest BCUT2D eigenvalue weighted by atomic mass is 9.95. The highest BCUT2D eigenvalue weighted by atomic mass is 32.2. The van der Waals surface area contributed by atoms with Crippen molar-refractivity contribution in [3.63, 3.8) is 0 Å². The zero-order chi connectivity index (χ0) is 17.3. The minimum absolute atomic E-state index is 0.0246. The molecule has 0 aliphatic carbocycles. The van der Waals surface area contributed by atoms with E-state index in [1.54, 1.807) is 12.0 Å². The molecule has 0 aromatic heterocycles. The zero-order valence-electron chi connectivity index (χ0n) is 13.9. The van der Waals surface area contributed by atoms with Crippen molar-refractivity contribution in [2.24, 2.45) is 5.92 Å². The summed E-state index contributed by atoms with van der Waals surface area (Å²) in [5.41, 5.74) is 0.966. The summed E-state index contributed by atoms with van der Waals surface area (Å²) in [6.07, 6.45) is 1.81. The van der Waals surface area contributed by atoms with Gasteiger partial charge in [0.05, 0.1) is 19.3 Å². The van der Waals surface area contributed by atoms with Gasteiger partial charge in [0.1, 0.15) is 6.61 Å². The number of para-hydroxylation sites is 1. The molecule has 0 saturated carbocycles. The Balaban J connectivity index is 1.65. The number of sulfonamides is 1. The molecule has 8 heteroatoms. The Hall–Kier alpha value is -1.80. The number of carbonyl (C=O) groups is 1. The number of fused-ring (bicyclic) bond motifs is 1. The van der Waals surface area contributed by atoms with Crippen LogP contribution in [-0.2, 0) is 21.2 Å². The standard InChI is InChI=1S/C16H22N2O5S/c1-22-14-5-3-4-12-10-13(11-23-15(12)14)16(19)17-6-8-18(9-7-17)24(2,20)21/h3-5,13H,6-11H2,1-2H3/t13-/m0/s1. The van der Waals surface area contributed by atoms with Gasteiger partial charge in [-0.1, -0.05) is 12.1 Å². The summed E-state index contributed by atoms with van der Waals surface area (Å²) in [6, 6.07) is 5.67. The van der Waals surface area contributed by atoms with E-state index in [0.29, 0.717) is 50.7 Å². The van der Waals surface area contributed by atoms with Gasteiger partial charge in [-0.15, -0.1) is 0 Å². The monoisotopic (exact) mass is 354 g/mol. The number of benzene rings is 1. The second-order valence-electron chi connectivity index (χ2n) is 6.15. The fraction of sp³-hybridized carbons (Fsp3) is 0.562. The van der Waals surface area contributed by atoms with Crippen LogP contribution >= 0.6 is 0 Å². The number of ether oxygens (including phenoxy) is 2. The molecule has 1 saturated heterocycles. The average molecular weight is 354 g/mol. The van der Waals surface area contributed by atoms with Crippen molar-refractivity contribution >= 4 is 15.9 Å². The largest absolute Gasteiger partial charge is 0.493 e. The summed E-state index contributed by atoms with van der Waals surface area (Å²) in [6.45, 7) is 1.87. The molecule has 132 valence electrons. The van der Waals surface area contributed by atoms with Gasteiger partial charge >= 0.3 is 0 Å². The van der Waals surface area contributed by atoms with E-state index in [1.165, 1.54) is 10.6 Å². The first-order chi connectivity index (χ1) is 11.4. The predicted octanol–water partition coefficient (Wildman–Crippen LogP) is 0.350. The quantitative estimate of drug-likeness (QED) is 0.783. The second kappa shape index (κ2) is 6.60. The van der Waals surface area contributed by atoms with E-state index in [0.717, 1.165) is 5.56 Å². The highest BCUT2D eigenvalue weighted by molar-refractivity contribution is 7.88. The van der Waals surface area contributed by atoms with Crippen LogP contribution in [0, 0.1) is 5.92 Å². The first-order valence-electron chi connectivity index (χ1n) is 7.92. The zero-order valence-corrected chi connectivity index (χ0v) is 14.7. The molecule has 3 rings (SSSR count). The third-order valence-electron chi connectivity index (χ3n) is 4.54. The number of piperazine rings is 1. The topological polar surface area (TPSA) is 76.2 Å². The summed E-state index contributed by atoms with van der Waals surface area (Å²) in [5.74, 6) is 1.18. The molecule has 0 bridgehead atoms. The van der Waals surface area contributed by atoms with Gasteiger partial charge in [0.25, 0.3) is 0 Å². The molecule has 2 heterocycles. The van der Waals surface area contributed by atoms with Crippen molar-refractivity contribution in [3.8, 4) is 11.5 Å². The molecule has 1 fully saturated rings. The third kappa shape index (κ3) is 3.34. The van der Waals surface area contributed by atoms with Crippen LogP contribution < -0.4 is 9.47 Å². The molecule has 0 spiro atoms. The van der Waals surface area contributed by atoms with Crippen molar-refractivity contribution in [2.75, 3.05) is 46.2 Å². The highest BCUT2D eigenvalue weighted by Crippen LogP contribution is 2.36. The number of hydrogen-bond acceptors (Lipinski definition) is 5. The van der Waals surface area contributed by atoms with Gasteiger partial charge in [0.2, 0.25) is 15.9 Å². The molecular weight excluding hydrogens is 332 g/mol. The van der Waals surface area contributed by atoms with Crippen molar-refractivity contribution in [1.29, 1.82) is 0 Å². The van der Waals surface area contributed by atoms with Crippen LogP contribution in [0.3, 0.4) is 0 Å². The molecule has 24 heavy (non-hydrogen) atoms. The van der Waals surface area contributed by atoms with Gasteiger partial charge in [-0.2, -0.15) is 4.31 Å². The number of amides is 1. The maximum Gasteiger partial charge on any atom is 0.229 e. The lowest BCUT2D eigenvalue weighted by molar-refractivity contribution is -0.138. The van der Waals surface area contributed by atoms with Gasteiger partial charge in [0, 0.05) is 26.2 Å². The number of hydrogen-bond donors (Lipinski definition) is 0. The van der Waals surface area contributed by atoms with Crippen LogP contribution in [0.2, 0.25) is 0 Å². The first kappa shape index (κ1) is 17.0. The fourth-order valence-corrected chi connectivity index (χ4v) is 4.04. The van der Waals surface area contributed by atoms with E-state index < -0.39 is 10.0 Å². The van der Waals surface area contributed by atoms with Gasteiger partial charge in [-0.3, -0.25) is 4.79 Å². The smallest absolute Gasteiger partial charge is 0.229 e. The predicted molar refractivity (Wildman–Crippen MR) is 88.7 cm³/mol. The molecule has 2 aliphatic heterocycles. The minimum atomic E-state index is -3.19. The number of carbonyl (C=O) groups excluding carboxylic acids is 1. The Kier molecular flexibility index (Phi) is 4.69. The molecule has 1 amide bonds. The summed E-state index contributed by atoms with van der Waals surface area (Å²) < 4.78 is 35.6. The molecule has 1 aromatic carbocycles. The molecule has 0 unspecified atom stereocenters. The Labute approximate surface area is 142 Å². The average Bonchev–Trinajstić information content (AvgIpc) is 2.59. The van der Waals surface area contributed by atoms with Gasteiger partial charge in [-0.05, 0) is 18.1 Å². The van der Waals surface area contributed by atoms with E-state index in [-0.39, 0.29) is 11.8 Å². The van der Waals surface area contributed by atoms with Crippen molar-refractivity contribution < 1.29 is 22.7 Å². The maximum absolute atomic E-state index is 12.7. The Morgan fingerprint density at radius 1 is 1.25 bits per heavy atom. The summed E-state index contributed by atoms with van der Waals surface area (Å²) >= 11 is 0. The van der Waals surface area contributed by atoms with Crippen LogP contribution in [-0.4, -0.2) is 69.7 Å². The van der Waals surface area contributed by atoms with E-state index in [2.05, 4.69) is 0 Å². The van der Waals surface area contributed by atoms with Crippen LogP contribution in [0.1, 0.15) is 5.56 Å². The van der Waals surface area contributed by atoms with Crippen molar-refractivity contribution in [2.45, 2.75) is 6.42 Å². The van der Waals surface area contributed by atoms with E-state index in [1.807, 2.05) is 18.2 Å². The highest BCUT2D eigenvalue weighted by Gasteiger charge is 2.33. The van der Waals surface area contributed by atoms with E-state index in [4.69, 9.17) is 9.47 Å². The Morgan fingerprint density at radius 2 is 1.96 bits per heavy atom. The fourth-order valence-electron chi connectivity index (χ4n) is 3.21. The minimum Gasteiger partial charge on any atom is -0.493 e. The molecular formula is C16H22N2O5S. The van der Waals surface area contributed by atoms with E-state index >= 15 is 0 Å². The van der Waals surface area contributed by atoms with Gasteiger partial charge in [0.15, 0.2) is 11.5 Å². The Morgan fingerprint density at radius 3 is 2.58 bits per heavy atom. The molecule has 0 N–H and O–H groups in total. The summed E-state index contributed by atoms with van der Waals surface area (Å²) in [4.78, 5) is 14.5. The number of rotatable bonds is 3. The maximum atomic E-state index is 12.7. The molecule has 1 atom stereocenters. The van der Waals surface area contributed by atoms with E-state index in [9.17, 15) is 13.2 Å². The molecule has 7 nitrogen and oxygen atoms in total. The normalized spacial score (nSPS) is 21.8. The van der Waals surface area contributed by atoms with Crippen LogP contribution in [0.15, 0.2) is 18.2 Å². The summed E-state index contributed by atoms with van der Waals surface area (Å²) in [7, 11) is -1.60. The van der Waals surface area contributed by atoms with Crippen molar-refractivity contribution in [1.82, 2.24) is 9.21 Å². The second-order valence-corrected chi connectivity index (χ2v) is 8.13. The van der Waals surface area contributed by atoms with Gasteiger partial charge < -0.3 is 14.4 Å². The number of nitrogens with zero attached hydrogens (tertiary/aromatic N) is 2. The van der Waals surface area contributed by atoms with Crippen LogP contribution in [0.4, 0.5) is 0 Å². The molecule has 2 aliphatic rings. The number of methoxy groups -OCH3 is 1. The molecule has 0 radical (unpaired) electrons. The summed E-state index contributed by atoms with van der Waals surface area (Å²) in [5, 5.41) is 0.